The first kappa shape index (κ1) is 12.7. The molecule has 1 heterocycles. The fourth-order valence-corrected chi connectivity index (χ4v) is 2.60. The van der Waals surface area contributed by atoms with Crippen LogP contribution in [0, 0.1) is 0 Å². The number of benzene rings is 2. The lowest BCUT2D eigenvalue weighted by Gasteiger charge is -2.07. The van der Waals surface area contributed by atoms with Crippen molar-refractivity contribution in [1.82, 2.24) is 9.13 Å². The zero-order valence-corrected chi connectivity index (χ0v) is 11.6. The molecule has 0 aliphatic heterocycles. The minimum Gasteiger partial charge on any atom is -0.299 e. The molecule has 102 valence electrons. The molecule has 3 aromatic rings. The van der Waals surface area contributed by atoms with E-state index >= 15 is 0 Å². The predicted octanol–water partition coefficient (Wildman–Crippen LogP) is 3.26. The molecule has 0 bridgehead atoms. The predicted molar refractivity (Wildman–Crippen MR) is 82.0 cm³/mol. The van der Waals surface area contributed by atoms with E-state index in [1.165, 1.54) is 16.3 Å². The Morgan fingerprint density at radius 1 is 0.950 bits per heavy atom. The first-order valence-electron chi connectivity index (χ1n) is 7.02. The third-order valence-corrected chi connectivity index (χ3v) is 3.60. The fourth-order valence-electron chi connectivity index (χ4n) is 2.60. The van der Waals surface area contributed by atoms with Crippen LogP contribution in [0.1, 0.15) is 18.9 Å². The summed E-state index contributed by atoms with van der Waals surface area (Å²) in [5, 5.41) is 2.43. The van der Waals surface area contributed by atoms with Crippen molar-refractivity contribution in [2.45, 2.75) is 26.4 Å². The maximum atomic E-state index is 12.2. The molecule has 3 nitrogen and oxygen atoms in total. The summed E-state index contributed by atoms with van der Waals surface area (Å²) in [6.07, 6.45) is 4.72. The first-order valence-corrected chi connectivity index (χ1v) is 7.02. The second-order valence-corrected chi connectivity index (χ2v) is 5.04. The Morgan fingerprint density at radius 2 is 1.70 bits per heavy atom. The monoisotopic (exact) mass is 266 g/mol. The van der Waals surface area contributed by atoms with Crippen LogP contribution in [0.3, 0.4) is 0 Å². The van der Waals surface area contributed by atoms with Gasteiger partial charge in [0.25, 0.3) is 0 Å². The molecule has 2 aromatic carbocycles. The second-order valence-electron chi connectivity index (χ2n) is 5.04. The van der Waals surface area contributed by atoms with Gasteiger partial charge in [-0.25, -0.2) is 4.79 Å². The lowest BCUT2D eigenvalue weighted by molar-refractivity contribution is 0.625. The van der Waals surface area contributed by atoms with Crippen LogP contribution in [0.15, 0.2) is 59.7 Å². The molecule has 0 atom stereocenters. The molecule has 0 spiro atoms. The van der Waals surface area contributed by atoms with Crippen molar-refractivity contribution in [1.29, 1.82) is 0 Å². The highest BCUT2D eigenvalue weighted by Crippen LogP contribution is 2.18. The molecule has 0 amide bonds. The standard InChI is InChI=1S/C17H18N2O/c1-2-10-18-11-12-19(17(18)20)13-15-8-5-7-14-6-3-4-9-16(14)15/h3-9,11-12H,2,10,13H2,1H3. The second kappa shape index (κ2) is 5.37. The Bertz CT molecular complexity index is 778. The van der Waals surface area contributed by atoms with Crippen molar-refractivity contribution in [2.75, 3.05) is 0 Å². The van der Waals surface area contributed by atoms with E-state index in [1.807, 2.05) is 30.6 Å². The quantitative estimate of drug-likeness (QED) is 0.712. The van der Waals surface area contributed by atoms with Gasteiger partial charge in [-0.2, -0.15) is 0 Å². The van der Waals surface area contributed by atoms with Gasteiger partial charge in [-0.3, -0.25) is 9.13 Å². The molecule has 3 heteroatoms. The maximum absolute atomic E-state index is 12.2. The first-order chi connectivity index (χ1) is 9.79. The van der Waals surface area contributed by atoms with Crippen LogP contribution in [-0.2, 0) is 13.1 Å². The minimum absolute atomic E-state index is 0.0692. The van der Waals surface area contributed by atoms with Gasteiger partial charge < -0.3 is 0 Å². The zero-order valence-electron chi connectivity index (χ0n) is 11.6. The van der Waals surface area contributed by atoms with E-state index in [1.54, 1.807) is 9.13 Å². The molecule has 3 rings (SSSR count). The summed E-state index contributed by atoms with van der Waals surface area (Å²) in [4.78, 5) is 12.2. The van der Waals surface area contributed by atoms with E-state index in [4.69, 9.17) is 0 Å². The molecule has 0 fully saturated rings. The fraction of sp³-hybridized carbons (Fsp3) is 0.235. The minimum atomic E-state index is 0.0692. The molecule has 0 unspecified atom stereocenters. The van der Waals surface area contributed by atoms with E-state index in [-0.39, 0.29) is 5.69 Å². The van der Waals surface area contributed by atoms with E-state index in [9.17, 15) is 4.79 Å². The number of aromatic nitrogens is 2. The Labute approximate surface area is 118 Å². The Morgan fingerprint density at radius 3 is 2.55 bits per heavy atom. The van der Waals surface area contributed by atoms with Crippen molar-refractivity contribution in [3.63, 3.8) is 0 Å². The number of rotatable bonds is 4. The van der Waals surface area contributed by atoms with Gasteiger partial charge in [0, 0.05) is 18.9 Å². The van der Waals surface area contributed by atoms with Gasteiger partial charge >= 0.3 is 5.69 Å². The van der Waals surface area contributed by atoms with Gasteiger partial charge in [0.2, 0.25) is 0 Å². The largest absolute Gasteiger partial charge is 0.328 e. The van der Waals surface area contributed by atoms with E-state index in [0.717, 1.165) is 13.0 Å². The number of imidazole rings is 1. The summed E-state index contributed by atoms with van der Waals surface area (Å²) in [7, 11) is 0. The Kier molecular flexibility index (Phi) is 3.42. The van der Waals surface area contributed by atoms with Gasteiger partial charge in [-0.05, 0) is 22.8 Å². The third-order valence-electron chi connectivity index (χ3n) is 3.60. The van der Waals surface area contributed by atoms with E-state index < -0.39 is 0 Å². The lowest BCUT2D eigenvalue weighted by Crippen LogP contribution is -2.24. The van der Waals surface area contributed by atoms with Crippen LogP contribution in [-0.4, -0.2) is 9.13 Å². The summed E-state index contributed by atoms with van der Waals surface area (Å²) in [6.45, 7) is 3.48. The average molecular weight is 266 g/mol. The molecular formula is C17H18N2O. The van der Waals surface area contributed by atoms with Crippen LogP contribution in [0.2, 0.25) is 0 Å². The van der Waals surface area contributed by atoms with Gasteiger partial charge in [-0.1, -0.05) is 49.4 Å². The van der Waals surface area contributed by atoms with Crippen LogP contribution in [0.25, 0.3) is 10.8 Å². The van der Waals surface area contributed by atoms with Crippen molar-refractivity contribution in [3.05, 3.63) is 70.9 Å². The molecule has 0 radical (unpaired) electrons. The third kappa shape index (κ3) is 2.27. The summed E-state index contributed by atoms with van der Waals surface area (Å²) in [6, 6.07) is 14.5. The molecule has 0 N–H and O–H groups in total. The van der Waals surface area contributed by atoms with E-state index in [0.29, 0.717) is 6.54 Å². The number of aryl methyl sites for hydroxylation is 1. The van der Waals surface area contributed by atoms with Crippen molar-refractivity contribution >= 4 is 10.8 Å². The number of hydrogen-bond acceptors (Lipinski definition) is 1. The van der Waals surface area contributed by atoms with E-state index in [2.05, 4.69) is 31.2 Å². The van der Waals surface area contributed by atoms with Crippen molar-refractivity contribution < 1.29 is 0 Å². The summed E-state index contributed by atoms with van der Waals surface area (Å²) in [5.41, 5.74) is 1.25. The number of hydrogen-bond donors (Lipinski definition) is 0. The van der Waals surface area contributed by atoms with Crippen LogP contribution in [0.4, 0.5) is 0 Å². The summed E-state index contributed by atoms with van der Waals surface area (Å²) in [5.74, 6) is 0. The summed E-state index contributed by atoms with van der Waals surface area (Å²) >= 11 is 0. The maximum Gasteiger partial charge on any atom is 0.328 e. The molecular weight excluding hydrogens is 248 g/mol. The Balaban J connectivity index is 1.99. The molecule has 0 aliphatic rings. The normalized spacial score (nSPS) is 11.1. The molecule has 20 heavy (non-hydrogen) atoms. The molecule has 0 saturated heterocycles. The number of fused-ring (bicyclic) bond motifs is 1. The van der Waals surface area contributed by atoms with Crippen LogP contribution < -0.4 is 5.69 Å². The number of nitrogens with zero attached hydrogens (tertiary/aromatic N) is 2. The highest BCUT2D eigenvalue weighted by atomic mass is 16.1. The lowest BCUT2D eigenvalue weighted by atomic mass is 10.0. The highest BCUT2D eigenvalue weighted by molar-refractivity contribution is 5.85. The van der Waals surface area contributed by atoms with Crippen LogP contribution in [0.5, 0.6) is 0 Å². The SMILES string of the molecule is CCCn1ccn(Cc2cccc3ccccc23)c1=O. The van der Waals surface area contributed by atoms with Crippen LogP contribution >= 0.6 is 0 Å². The average Bonchev–Trinajstić information content (AvgIpc) is 2.81. The highest BCUT2D eigenvalue weighted by Gasteiger charge is 2.05. The zero-order chi connectivity index (χ0) is 13.9. The van der Waals surface area contributed by atoms with Crippen molar-refractivity contribution in [2.24, 2.45) is 0 Å². The molecule has 1 aromatic heterocycles. The molecule has 0 aliphatic carbocycles. The van der Waals surface area contributed by atoms with Gasteiger partial charge in [0.05, 0.1) is 6.54 Å². The van der Waals surface area contributed by atoms with Crippen molar-refractivity contribution in [3.8, 4) is 0 Å². The molecule has 0 saturated carbocycles. The van der Waals surface area contributed by atoms with Gasteiger partial charge in [0.15, 0.2) is 0 Å². The smallest absolute Gasteiger partial charge is 0.299 e. The Hall–Kier alpha value is -2.29. The topological polar surface area (TPSA) is 26.9 Å². The summed E-state index contributed by atoms with van der Waals surface area (Å²) < 4.78 is 3.54. The van der Waals surface area contributed by atoms with Gasteiger partial charge in [0.1, 0.15) is 0 Å². The van der Waals surface area contributed by atoms with Gasteiger partial charge in [-0.15, -0.1) is 0 Å².